The molecule has 0 fully saturated rings. The fourth-order valence-electron chi connectivity index (χ4n) is 6.47. The molecule has 1 spiro atoms. The van der Waals surface area contributed by atoms with Crippen LogP contribution in [0.4, 0.5) is 5.82 Å². The van der Waals surface area contributed by atoms with Crippen LogP contribution in [0.3, 0.4) is 0 Å². The Hall–Kier alpha value is -4.31. The predicted molar refractivity (Wildman–Crippen MR) is 156 cm³/mol. The molecular weight excluding hydrogens is 562 g/mol. The number of allylic oxidation sites excluding steroid dienone is 1. The summed E-state index contributed by atoms with van der Waals surface area (Å²) in [6.07, 6.45) is 0.224. The topological polar surface area (TPSA) is 118 Å². The van der Waals surface area contributed by atoms with Gasteiger partial charge in [0.15, 0.2) is 5.75 Å². The number of halogens is 1. The first kappa shape index (κ1) is 27.8. The van der Waals surface area contributed by atoms with Crippen LogP contribution in [0.15, 0.2) is 45.1 Å². The summed E-state index contributed by atoms with van der Waals surface area (Å²) in [7, 11) is 5.82. The highest BCUT2D eigenvalue weighted by Gasteiger charge is 2.63. The maximum absolute atomic E-state index is 14.9. The van der Waals surface area contributed by atoms with Crippen molar-refractivity contribution < 1.29 is 23.8 Å². The second-order valence-corrected chi connectivity index (χ2v) is 11.5. The molecule has 218 valence electrons. The lowest BCUT2D eigenvalue weighted by Gasteiger charge is -2.42. The van der Waals surface area contributed by atoms with Gasteiger partial charge in [-0.3, -0.25) is 23.5 Å². The number of ketones is 2. The molecule has 3 aliphatic rings. The Morgan fingerprint density at radius 3 is 2.31 bits per heavy atom. The number of aryl methyl sites for hydroxylation is 2. The zero-order valence-electron chi connectivity index (χ0n) is 24.3. The van der Waals surface area contributed by atoms with Crippen molar-refractivity contribution >= 4 is 29.0 Å². The van der Waals surface area contributed by atoms with Crippen molar-refractivity contribution in [1.29, 1.82) is 0 Å². The number of aromatic nitrogens is 2. The molecule has 0 bridgehead atoms. The third-order valence-electron chi connectivity index (χ3n) is 8.94. The quantitative estimate of drug-likeness (QED) is 0.457. The number of hydrogen-bond acceptors (Lipinski definition) is 8. The first-order valence-electron chi connectivity index (χ1n) is 13.5. The number of carbonyl (C=O) groups excluding carboxylic acids is 2. The van der Waals surface area contributed by atoms with Crippen molar-refractivity contribution in [2.75, 3.05) is 19.5 Å². The Labute approximate surface area is 246 Å². The van der Waals surface area contributed by atoms with Crippen LogP contribution in [0.1, 0.15) is 51.9 Å². The Bertz CT molecular complexity index is 1900. The number of methoxy groups -OCH3 is 2. The van der Waals surface area contributed by atoms with Crippen LogP contribution in [0.25, 0.3) is 0 Å². The number of ether oxygens (including phenoxy) is 3. The number of nitrogens with one attached hydrogen (secondary N) is 1. The van der Waals surface area contributed by atoms with Gasteiger partial charge in [-0.15, -0.1) is 0 Å². The maximum Gasteiger partial charge on any atom is 0.332 e. The number of hydrogen-bond donors (Lipinski definition) is 1. The average Bonchev–Trinajstić information content (AvgIpc) is 3.29. The molecule has 10 nitrogen and oxygen atoms in total. The fraction of sp³-hybridized carbons (Fsp3) is 0.355. The summed E-state index contributed by atoms with van der Waals surface area (Å²) >= 11 is 6.61. The zero-order valence-corrected chi connectivity index (χ0v) is 25.1. The Kier molecular flexibility index (Phi) is 6.20. The van der Waals surface area contributed by atoms with Crippen LogP contribution in [0.2, 0.25) is 5.02 Å². The van der Waals surface area contributed by atoms with Gasteiger partial charge in [0.25, 0.3) is 5.56 Å². The molecule has 3 heterocycles. The van der Waals surface area contributed by atoms with Crippen LogP contribution in [0, 0.1) is 19.8 Å². The number of fused-ring (bicyclic) bond motifs is 2. The fourth-order valence-corrected chi connectivity index (χ4v) is 6.73. The van der Waals surface area contributed by atoms with E-state index in [1.165, 1.54) is 31.9 Å². The zero-order chi connectivity index (χ0) is 30.4. The van der Waals surface area contributed by atoms with Gasteiger partial charge >= 0.3 is 5.69 Å². The van der Waals surface area contributed by atoms with Gasteiger partial charge < -0.3 is 19.5 Å². The van der Waals surface area contributed by atoms with E-state index in [2.05, 4.69) is 5.32 Å². The minimum atomic E-state index is -1.95. The molecule has 0 saturated heterocycles. The summed E-state index contributed by atoms with van der Waals surface area (Å²) in [5, 5.41) is 3.28. The lowest BCUT2D eigenvalue weighted by atomic mass is 9.65. The number of Topliss-reactive ketones (excluding diaryl/α,β-unsaturated/α-hetero) is 2. The third kappa shape index (κ3) is 3.44. The summed E-state index contributed by atoms with van der Waals surface area (Å²) < 4.78 is 19.6. The number of rotatable bonds is 3. The number of benzene rings is 2. The highest BCUT2D eigenvalue weighted by Crippen LogP contribution is 2.56. The summed E-state index contributed by atoms with van der Waals surface area (Å²) in [4.78, 5) is 55.9. The molecule has 0 saturated carbocycles. The number of nitrogens with zero attached hydrogens (tertiary/aromatic N) is 2. The van der Waals surface area contributed by atoms with Gasteiger partial charge in [0.2, 0.25) is 17.2 Å². The van der Waals surface area contributed by atoms with Crippen LogP contribution < -0.4 is 30.8 Å². The van der Waals surface area contributed by atoms with Crippen LogP contribution in [0.5, 0.6) is 17.2 Å². The number of carbonyl (C=O) groups is 2. The lowest BCUT2D eigenvalue weighted by Crippen LogP contribution is -2.58. The van der Waals surface area contributed by atoms with Crippen molar-refractivity contribution in [2.45, 2.75) is 38.7 Å². The molecule has 0 unspecified atom stereocenters. The molecule has 6 rings (SSSR count). The molecule has 11 heteroatoms. The maximum atomic E-state index is 14.9. The monoisotopic (exact) mass is 591 g/mol. The van der Waals surface area contributed by atoms with Crippen molar-refractivity contribution in [3.8, 4) is 17.2 Å². The molecule has 1 N–H and O–H groups in total. The summed E-state index contributed by atoms with van der Waals surface area (Å²) in [6.45, 7) is 5.68. The summed E-state index contributed by atoms with van der Waals surface area (Å²) in [5.41, 5.74) is 0.771. The SMILES string of the molecule is COc1cc(OC)c2c(c1Cl)O[C@@]1(C(=O)C3=C(C[C@H]1C)Nc1c(c(=O)n(C)c(=O)n1C)[C@@H]3c1ccc(C)c(C)c1)C2=O. The normalized spacial score (nSPS) is 22.4. The second kappa shape index (κ2) is 9.35. The highest BCUT2D eigenvalue weighted by atomic mass is 35.5. The van der Waals surface area contributed by atoms with E-state index < -0.39 is 40.3 Å². The first-order valence-corrected chi connectivity index (χ1v) is 13.9. The highest BCUT2D eigenvalue weighted by molar-refractivity contribution is 6.36. The van der Waals surface area contributed by atoms with E-state index in [4.69, 9.17) is 25.8 Å². The molecule has 1 aromatic heterocycles. The molecule has 2 aromatic carbocycles. The molecule has 2 aliphatic heterocycles. The van der Waals surface area contributed by atoms with E-state index in [9.17, 15) is 19.2 Å². The van der Waals surface area contributed by atoms with Gasteiger partial charge in [-0.25, -0.2) is 4.79 Å². The standard InChI is InChI=1S/C31H30ClN3O7/c1-13-8-9-16(10-14(13)2)20-21-17(33-28-23(20)29(38)35(5)30(39)34(28)4)11-15(3)31(26(21)36)27(37)22-18(40-6)12-19(41-7)24(32)25(22)42-31/h8-10,12,15,20,33H,11H2,1-7H3/t15-,20-,31+/m1/s1. The van der Waals surface area contributed by atoms with Gasteiger partial charge in [-0.05, 0) is 37.0 Å². The van der Waals surface area contributed by atoms with Crippen molar-refractivity contribution in [1.82, 2.24) is 9.13 Å². The Balaban J connectivity index is 1.63. The second-order valence-electron chi connectivity index (χ2n) is 11.2. The third-order valence-corrected chi connectivity index (χ3v) is 9.30. The van der Waals surface area contributed by atoms with Crippen molar-refractivity contribution in [3.05, 3.63) is 89.2 Å². The predicted octanol–water partition coefficient (Wildman–Crippen LogP) is 3.81. The van der Waals surface area contributed by atoms with E-state index in [1.807, 2.05) is 32.0 Å². The molecule has 42 heavy (non-hydrogen) atoms. The van der Waals surface area contributed by atoms with E-state index in [-0.39, 0.29) is 45.4 Å². The molecule has 3 atom stereocenters. The molecule has 3 aromatic rings. The first-order chi connectivity index (χ1) is 19.9. The summed E-state index contributed by atoms with van der Waals surface area (Å²) in [5.74, 6) is -1.91. The van der Waals surface area contributed by atoms with Gasteiger partial charge in [0, 0.05) is 43.3 Å². The van der Waals surface area contributed by atoms with Crippen LogP contribution in [-0.4, -0.2) is 40.5 Å². The molecule has 0 amide bonds. The lowest BCUT2D eigenvalue weighted by molar-refractivity contribution is -0.130. The average molecular weight is 592 g/mol. The molecule has 1 aliphatic carbocycles. The minimum Gasteiger partial charge on any atom is -0.496 e. The number of anilines is 1. The largest absolute Gasteiger partial charge is 0.496 e. The van der Waals surface area contributed by atoms with E-state index >= 15 is 0 Å². The Morgan fingerprint density at radius 1 is 0.976 bits per heavy atom. The van der Waals surface area contributed by atoms with Gasteiger partial charge in [0.05, 0.1) is 19.8 Å². The van der Waals surface area contributed by atoms with Crippen molar-refractivity contribution in [3.63, 3.8) is 0 Å². The smallest absolute Gasteiger partial charge is 0.332 e. The Morgan fingerprint density at radius 2 is 1.67 bits per heavy atom. The molecule has 0 radical (unpaired) electrons. The van der Waals surface area contributed by atoms with Gasteiger partial charge in [-0.2, -0.15) is 0 Å². The van der Waals surface area contributed by atoms with Gasteiger partial charge in [-0.1, -0.05) is 36.7 Å². The van der Waals surface area contributed by atoms with Crippen LogP contribution >= 0.6 is 11.6 Å². The van der Waals surface area contributed by atoms with Crippen molar-refractivity contribution in [2.24, 2.45) is 20.0 Å². The van der Waals surface area contributed by atoms with E-state index in [1.54, 1.807) is 14.0 Å². The molecular formula is C31H30ClN3O7. The van der Waals surface area contributed by atoms with Gasteiger partial charge in [0.1, 0.15) is 27.9 Å². The van der Waals surface area contributed by atoms with Crippen LogP contribution in [-0.2, 0) is 18.9 Å². The minimum absolute atomic E-state index is 0.0207. The van der Waals surface area contributed by atoms with E-state index in [0.717, 1.165) is 15.7 Å². The van der Waals surface area contributed by atoms with E-state index in [0.29, 0.717) is 17.1 Å². The summed E-state index contributed by atoms with van der Waals surface area (Å²) in [6, 6.07) is 7.21.